The number of aryl methyl sites for hydroxylation is 1. The van der Waals surface area contributed by atoms with Gasteiger partial charge >= 0.3 is 0 Å². The standard InChI is InChI=1S/C15H20N2O/c1-3-17-10-6-8-14(17)11-16-15-9-5-4-7-13(15)12-18-2/h4-10,16H,3,11-12H2,1-2H3. The molecule has 2 aromatic rings. The molecule has 0 aliphatic carbocycles. The second kappa shape index (κ2) is 6.26. The van der Waals surface area contributed by atoms with Crippen LogP contribution in [0.25, 0.3) is 0 Å². The molecule has 0 amide bonds. The van der Waals surface area contributed by atoms with Gasteiger partial charge in [-0.3, -0.25) is 0 Å². The predicted octanol–water partition coefficient (Wildman–Crippen LogP) is 3.27. The Kier molecular flexibility index (Phi) is 4.42. The summed E-state index contributed by atoms with van der Waals surface area (Å²) in [6.07, 6.45) is 2.11. The molecular formula is C15H20N2O. The van der Waals surface area contributed by atoms with Crippen molar-refractivity contribution in [3.05, 3.63) is 53.9 Å². The number of aromatic nitrogens is 1. The highest BCUT2D eigenvalue weighted by Gasteiger charge is 2.03. The van der Waals surface area contributed by atoms with Crippen LogP contribution in [-0.4, -0.2) is 11.7 Å². The molecule has 96 valence electrons. The van der Waals surface area contributed by atoms with Gasteiger partial charge < -0.3 is 14.6 Å². The Labute approximate surface area is 108 Å². The van der Waals surface area contributed by atoms with Crippen LogP contribution in [0.2, 0.25) is 0 Å². The summed E-state index contributed by atoms with van der Waals surface area (Å²) < 4.78 is 7.45. The first kappa shape index (κ1) is 12.7. The average molecular weight is 244 g/mol. The highest BCUT2D eigenvalue weighted by molar-refractivity contribution is 5.50. The Morgan fingerprint density at radius 3 is 2.78 bits per heavy atom. The monoisotopic (exact) mass is 244 g/mol. The maximum absolute atomic E-state index is 5.21. The van der Waals surface area contributed by atoms with E-state index in [2.05, 4.69) is 47.3 Å². The summed E-state index contributed by atoms with van der Waals surface area (Å²) >= 11 is 0. The molecule has 1 N–H and O–H groups in total. The maximum Gasteiger partial charge on any atom is 0.0733 e. The minimum absolute atomic E-state index is 0.637. The molecule has 1 aromatic carbocycles. The van der Waals surface area contributed by atoms with E-state index in [1.807, 2.05) is 12.1 Å². The van der Waals surface area contributed by atoms with E-state index in [1.54, 1.807) is 7.11 Å². The van der Waals surface area contributed by atoms with Gasteiger partial charge in [0.1, 0.15) is 0 Å². The van der Waals surface area contributed by atoms with Gasteiger partial charge in [0, 0.05) is 36.8 Å². The smallest absolute Gasteiger partial charge is 0.0733 e. The van der Waals surface area contributed by atoms with Crippen LogP contribution >= 0.6 is 0 Å². The Morgan fingerprint density at radius 1 is 1.17 bits per heavy atom. The Bertz CT molecular complexity index is 491. The minimum Gasteiger partial charge on any atom is -0.380 e. The van der Waals surface area contributed by atoms with Crippen LogP contribution in [0.5, 0.6) is 0 Å². The predicted molar refractivity (Wildman–Crippen MR) is 74.6 cm³/mol. The number of hydrogen-bond donors (Lipinski definition) is 1. The third kappa shape index (κ3) is 2.93. The van der Waals surface area contributed by atoms with Gasteiger partial charge in [0.25, 0.3) is 0 Å². The van der Waals surface area contributed by atoms with Gasteiger partial charge in [0.15, 0.2) is 0 Å². The van der Waals surface area contributed by atoms with Crippen LogP contribution in [0.3, 0.4) is 0 Å². The largest absolute Gasteiger partial charge is 0.380 e. The van der Waals surface area contributed by atoms with Crippen LogP contribution in [0.1, 0.15) is 18.2 Å². The van der Waals surface area contributed by atoms with E-state index >= 15 is 0 Å². The highest BCUT2D eigenvalue weighted by atomic mass is 16.5. The molecule has 0 unspecified atom stereocenters. The lowest BCUT2D eigenvalue weighted by molar-refractivity contribution is 0.185. The Hall–Kier alpha value is -1.74. The van der Waals surface area contributed by atoms with Crippen molar-refractivity contribution in [2.75, 3.05) is 12.4 Å². The summed E-state index contributed by atoms with van der Waals surface area (Å²) in [5, 5.41) is 3.47. The lowest BCUT2D eigenvalue weighted by atomic mass is 10.2. The lowest BCUT2D eigenvalue weighted by Crippen LogP contribution is -2.07. The maximum atomic E-state index is 5.21. The number of ether oxygens (including phenoxy) is 1. The number of hydrogen-bond acceptors (Lipinski definition) is 2. The molecule has 0 radical (unpaired) electrons. The molecule has 0 fully saturated rings. The molecule has 0 saturated carbocycles. The first-order valence-corrected chi connectivity index (χ1v) is 6.30. The molecule has 3 heteroatoms. The van der Waals surface area contributed by atoms with Crippen molar-refractivity contribution in [2.24, 2.45) is 0 Å². The number of nitrogens with one attached hydrogen (secondary N) is 1. The van der Waals surface area contributed by atoms with Gasteiger partial charge in [0.2, 0.25) is 0 Å². The van der Waals surface area contributed by atoms with Crippen LogP contribution < -0.4 is 5.32 Å². The molecule has 0 spiro atoms. The molecule has 2 rings (SSSR count). The zero-order valence-electron chi connectivity index (χ0n) is 11.0. The second-order valence-corrected chi connectivity index (χ2v) is 4.23. The number of methoxy groups -OCH3 is 1. The summed E-state index contributed by atoms with van der Waals surface area (Å²) in [4.78, 5) is 0. The Balaban J connectivity index is 2.06. The van der Waals surface area contributed by atoms with Gasteiger partial charge in [0.05, 0.1) is 13.2 Å². The molecule has 0 atom stereocenters. The van der Waals surface area contributed by atoms with Crippen LogP contribution in [-0.2, 0) is 24.4 Å². The molecule has 1 aromatic heterocycles. The first-order chi connectivity index (χ1) is 8.85. The summed E-state index contributed by atoms with van der Waals surface area (Å²) in [6, 6.07) is 12.5. The van der Waals surface area contributed by atoms with E-state index in [-0.39, 0.29) is 0 Å². The van der Waals surface area contributed by atoms with Gasteiger partial charge in [-0.1, -0.05) is 18.2 Å². The molecular weight excluding hydrogens is 224 g/mol. The molecule has 1 heterocycles. The van der Waals surface area contributed by atoms with Gasteiger partial charge in [-0.25, -0.2) is 0 Å². The lowest BCUT2D eigenvalue weighted by Gasteiger charge is -2.12. The van der Waals surface area contributed by atoms with Crippen molar-refractivity contribution in [1.82, 2.24) is 4.57 Å². The molecule has 0 saturated heterocycles. The fourth-order valence-electron chi connectivity index (χ4n) is 2.08. The Morgan fingerprint density at radius 2 is 2.00 bits per heavy atom. The quantitative estimate of drug-likeness (QED) is 0.844. The van der Waals surface area contributed by atoms with E-state index in [0.29, 0.717) is 6.61 Å². The third-order valence-corrected chi connectivity index (χ3v) is 3.04. The number of nitrogens with zero attached hydrogens (tertiary/aromatic N) is 1. The summed E-state index contributed by atoms with van der Waals surface area (Å²) in [5.41, 5.74) is 3.63. The van der Waals surface area contributed by atoms with E-state index in [9.17, 15) is 0 Å². The van der Waals surface area contributed by atoms with Crippen molar-refractivity contribution in [3.63, 3.8) is 0 Å². The van der Waals surface area contributed by atoms with Crippen LogP contribution in [0.15, 0.2) is 42.6 Å². The summed E-state index contributed by atoms with van der Waals surface area (Å²) in [6.45, 7) is 4.63. The van der Waals surface area contributed by atoms with Gasteiger partial charge in [-0.2, -0.15) is 0 Å². The van der Waals surface area contributed by atoms with Crippen molar-refractivity contribution in [1.29, 1.82) is 0 Å². The fourth-order valence-corrected chi connectivity index (χ4v) is 2.08. The molecule has 0 aliphatic rings. The minimum atomic E-state index is 0.637. The van der Waals surface area contributed by atoms with Gasteiger partial charge in [-0.05, 0) is 25.1 Å². The molecule has 3 nitrogen and oxygen atoms in total. The summed E-state index contributed by atoms with van der Waals surface area (Å²) in [5.74, 6) is 0. The fraction of sp³-hybridized carbons (Fsp3) is 0.333. The average Bonchev–Trinajstić information content (AvgIpc) is 2.85. The topological polar surface area (TPSA) is 26.2 Å². The van der Waals surface area contributed by atoms with Crippen molar-refractivity contribution >= 4 is 5.69 Å². The van der Waals surface area contributed by atoms with E-state index in [4.69, 9.17) is 4.74 Å². The highest BCUT2D eigenvalue weighted by Crippen LogP contribution is 2.17. The number of para-hydroxylation sites is 1. The molecule has 18 heavy (non-hydrogen) atoms. The first-order valence-electron chi connectivity index (χ1n) is 6.30. The van der Waals surface area contributed by atoms with Crippen molar-refractivity contribution in [2.45, 2.75) is 26.6 Å². The third-order valence-electron chi connectivity index (χ3n) is 3.04. The van der Waals surface area contributed by atoms with Crippen molar-refractivity contribution in [3.8, 4) is 0 Å². The number of rotatable bonds is 6. The zero-order valence-corrected chi connectivity index (χ0v) is 11.0. The van der Waals surface area contributed by atoms with Crippen molar-refractivity contribution < 1.29 is 4.74 Å². The summed E-state index contributed by atoms with van der Waals surface area (Å²) in [7, 11) is 1.72. The van der Waals surface area contributed by atoms with E-state index < -0.39 is 0 Å². The van der Waals surface area contributed by atoms with Crippen LogP contribution in [0.4, 0.5) is 5.69 Å². The molecule has 0 aliphatic heterocycles. The normalized spacial score (nSPS) is 10.6. The van der Waals surface area contributed by atoms with Crippen LogP contribution in [0, 0.1) is 0 Å². The zero-order chi connectivity index (χ0) is 12.8. The molecule has 0 bridgehead atoms. The van der Waals surface area contributed by atoms with E-state index in [0.717, 1.165) is 18.8 Å². The number of benzene rings is 1. The number of anilines is 1. The second-order valence-electron chi connectivity index (χ2n) is 4.23. The van der Waals surface area contributed by atoms with E-state index in [1.165, 1.54) is 11.3 Å². The van der Waals surface area contributed by atoms with Gasteiger partial charge in [-0.15, -0.1) is 0 Å². The SMILES string of the molecule is CCn1cccc1CNc1ccccc1COC.